The number of halogens is 2. The summed E-state index contributed by atoms with van der Waals surface area (Å²) in [5.74, 6) is -2.70. The molecule has 0 radical (unpaired) electrons. The van der Waals surface area contributed by atoms with Gasteiger partial charge in [0.15, 0.2) is 0 Å². The van der Waals surface area contributed by atoms with E-state index in [9.17, 15) is 18.4 Å². The zero-order chi connectivity index (χ0) is 14.7. The number of aldehydes is 1. The van der Waals surface area contributed by atoms with Crippen LogP contribution in [0.5, 0.6) is 0 Å². The highest BCUT2D eigenvalue weighted by molar-refractivity contribution is 5.69. The lowest BCUT2D eigenvalue weighted by Gasteiger charge is -2.36. The molecule has 0 saturated heterocycles. The van der Waals surface area contributed by atoms with Gasteiger partial charge in [-0.15, -0.1) is 0 Å². The van der Waals surface area contributed by atoms with Crippen molar-refractivity contribution in [1.29, 1.82) is 0 Å². The van der Waals surface area contributed by atoms with Gasteiger partial charge in [0.25, 0.3) is 0 Å². The number of nitrogens with one attached hydrogen (secondary N) is 1. The third kappa shape index (κ3) is 5.12. The summed E-state index contributed by atoms with van der Waals surface area (Å²) in [6.45, 7) is 5.22. The minimum absolute atomic E-state index is 0.0431. The second-order valence-corrected chi connectivity index (χ2v) is 6.19. The molecular formula is C13H21F2NO3. The monoisotopic (exact) mass is 277 g/mol. The summed E-state index contributed by atoms with van der Waals surface area (Å²) < 4.78 is 31.2. The quantitative estimate of drug-likeness (QED) is 0.807. The van der Waals surface area contributed by atoms with E-state index in [1.54, 1.807) is 20.8 Å². The van der Waals surface area contributed by atoms with E-state index in [1.807, 2.05) is 0 Å². The van der Waals surface area contributed by atoms with Crippen molar-refractivity contribution in [3.63, 3.8) is 0 Å². The van der Waals surface area contributed by atoms with Crippen molar-refractivity contribution >= 4 is 12.4 Å². The van der Waals surface area contributed by atoms with Crippen LogP contribution >= 0.6 is 0 Å². The predicted molar refractivity (Wildman–Crippen MR) is 66.1 cm³/mol. The molecule has 0 aliphatic heterocycles. The minimum Gasteiger partial charge on any atom is -0.444 e. The molecule has 1 fully saturated rings. The maximum atomic E-state index is 13.1. The highest BCUT2D eigenvalue weighted by Gasteiger charge is 2.43. The van der Waals surface area contributed by atoms with Gasteiger partial charge < -0.3 is 14.8 Å². The summed E-state index contributed by atoms with van der Waals surface area (Å²) in [4.78, 5) is 22.6. The van der Waals surface area contributed by atoms with Gasteiger partial charge in [-0.2, -0.15) is 0 Å². The van der Waals surface area contributed by atoms with E-state index in [0.717, 1.165) is 0 Å². The zero-order valence-electron chi connectivity index (χ0n) is 11.6. The average Bonchev–Trinajstić information content (AvgIpc) is 2.26. The van der Waals surface area contributed by atoms with Gasteiger partial charge in [0.05, 0.1) is 0 Å². The van der Waals surface area contributed by atoms with Crippen LogP contribution in [0.3, 0.4) is 0 Å². The molecule has 1 rings (SSSR count). The first-order valence-corrected chi connectivity index (χ1v) is 6.39. The van der Waals surface area contributed by atoms with E-state index >= 15 is 0 Å². The fourth-order valence-corrected chi connectivity index (χ4v) is 2.01. The Morgan fingerprint density at radius 1 is 1.26 bits per heavy atom. The van der Waals surface area contributed by atoms with Crippen LogP contribution in [0.4, 0.5) is 13.6 Å². The van der Waals surface area contributed by atoms with Gasteiger partial charge in [-0.3, -0.25) is 0 Å². The highest BCUT2D eigenvalue weighted by Crippen LogP contribution is 2.42. The van der Waals surface area contributed by atoms with Crippen LogP contribution in [0.25, 0.3) is 0 Å². The van der Waals surface area contributed by atoms with Crippen LogP contribution < -0.4 is 5.32 Å². The Kier molecular flexibility index (Phi) is 4.53. The molecule has 19 heavy (non-hydrogen) atoms. The molecule has 0 unspecified atom stereocenters. The van der Waals surface area contributed by atoms with Crippen molar-refractivity contribution in [3.05, 3.63) is 0 Å². The molecule has 0 aromatic carbocycles. The number of carbonyl (C=O) groups excluding carboxylic acids is 2. The van der Waals surface area contributed by atoms with E-state index in [0.29, 0.717) is 6.29 Å². The van der Waals surface area contributed by atoms with E-state index in [1.165, 1.54) is 0 Å². The standard InChI is InChI=1S/C13H21F2NO3/c1-11(2,3)19-10(18)16-8-12(9-17)4-6-13(14,15)7-5-12/h9H,4-8H2,1-3H3,(H,16,18). The van der Waals surface area contributed by atoms with Crippen molar-refractivity contribution < 1.29 is 23.1 Å². The third-order valence-electron chi connectivity index (χ3n) is 3.21. The first-order valence-electron chi connectivity index (χ1n) is 6.39. The molecule has 0 aromatic heterocycles. The Morgan fingerprint density at radius 3 is 2.21 bits per heavy atom. The molecule has 1 aliphatic carbocycles. The first-order chi connectivity index (χ1) is 8.58. The number of alkyl carbamates (subject to hydrolysis) is 1. The van der Waals surface area contributed by atoms with Gasteiger partial charge in [0, 0.05) is 24.8 Å². The second-order valence-electron chi connectivity index (χ2n) is 6.19. The molecule has 0 atom stereocenters. The maximum Gasteiger partial charge on any atom is 0.407 e. The molecule has 0 spiro atoms. The van der Waals surface area contributed by atoms with Crippen molar-refractivity contribution in [2.45, 2.75) is 58.0 Å². The topological polar surface area (TPSA) is 55.4 Å². The van der Waals surface area contributed by atoms with E-state index in [2.05, 4.69) is 5.32 Å². The Balaban J connectivity index is 2.50. The number of hydrogen-bond donors (Lipinski definition) is 1. The van der Waals surface area contributed by atoms with E-state index in [-0.39, 0.29) is 32.2 Å². The summed E-state index contributed by atoms with van der Waals surface area (Å²) in [5, 5.41) is 2.49. The Hall–Kier alpha value is -1.20. The number of amides is 1. The molecule has 6 heteroatoms. The summed E-state index contributed by atoms with van der Waals surface area (Å²) in [6.07, 6.45) is -0.423. The zero-order valence-corrected chi connectivity index (χ0v) is 11.6. The van der Waals surface area contributed by atoms with E-state index in [4.69, 9.17) is 4.74 Å². The minimum atomic E-state index is -2.70. The maximum absolute atomic E-state index is 13.1. The summed E-state index contributed by atoms with van der Waals surface area (Å²) >= 11 is 0. The molecule has 0 heterocycles. The molecular weight excluding hydrogens is 256 g/mol. The van der Waals surface area contributed by atoms with Crippen LogP contribution in [0, 0.1) is 5.41 Å². The third-order valence-corrected chi connectivity index (χ3v) is 3.21. The number of rotatable bonds is 3. The summed E-state index contributed by atoms with van der Waals surface area (Å²) in [6, 6.07) is 0. The van der Waals surface area contributed by atoms with Crippen molar-refractivity contribution in [2.75, 3.05) is 6.54 Å². The van der Waals surface area contributed by atoms with Gasteiger partial charge in [-0.1, -0.05) is 0 Å². The van der Waals surface area contributed by atoms with Gasteiger partial charge in [0.1, 0.15) is 11.9 Å². The van der Waals surface area contributed by atoms with Crippen LogP contribution in [0.1, 0.15) is 46.5 Å². The molecule has 0 bridgehead atoms. The SMILES string of the molecule is CC(C)(C)OC(=O)NCC1(C=O)CCC(F)(F)CC1. The molecule has 4 nitrogen and oxygen atoms in total. The fourth-order valence-electron chi connectivity index (χ4n) is 2.01. The number of hydrogen-bond acceptors (Lipinski definition) is 3. The van der Waals surface area contributed by atoms with Crippen LogP contribution in [-0.4, -0.2) is 30.4 Å². The van der Waals surface area contributed by atoms with E-state index < -0.39 is 23.0 Å². The van der Waals surface area contributed by atoms with Gasteiger partial charge in [-0.25, -0.2) is 13.6 Å². The Bertz CT molecular complexity index is 340. The van der Waals surface area contributed by atoms with Crippen molar-refractivity contribution in [3.8, 4) is 0 Å². The highest BCUT2D eigenvalue weighted by atomic mass is 19.3. The lowest BCUT2D eigenvalue weighted by Crippen LogP contribution is -2.44. The second kappa shape index (κ2) is 5.43. The Labute approximate surface area is 111 Å². The van der Waals surface area contributed by atoms with Gasteiger partial charge >= 0.3 is 6.09 Å². The molecule has 0 aromatic rings. The van der Waals surface area contributed by atoms with Gasteiger partial charge in [0.2, 0.25) is 5.92 Å². The largest absolute Gasteiger partial charge is 0.444 e. The first kappa shape index (κ1) is 15.9. The van der Waals surface area contributed by atoms with Crippen LogP contribution in [0.15, 0.2) is 0 Å². The molecule has 1 aliphatic rings. The van der Waals surface area contributed by atoms with Crippen LogP contribution in [-0.2, 0) is 9.53 Å². The lowest BCUT2D eigenvalue weighted by molar-refractivity contribution is -0.123. The number of carbonyl (C=O) groups is 2. The molecule has 1 amide bonds. The lowest BCUT2D eigenvalue weighted by atomic mass is 9.74. The Morgan fingerprint density at radius 2 is 1.79 bits per heavy atom. The average molecular weight is 277 g/mol. The normalized spacial score (nSPS) is 21.5. The predicted octanol–water partition coefficient (Wildman–Crippen LogP) is 2.91. The smallest absolute Gasteiger partial charge is 0.407 e. The molecule has 1 saturated carbocycles. The van der Waals surface area contributed by atoms with Crippen molar-refractivity contribution in [2.24, 2.45) is 5.41 Å². The fraction of sp³-hybridized carbons (Fsp3) is 0.846. The molecule has 110 valence electrons. The van der Waals surface area contributed by atoms with Crippen molar-refractivity contribution in [1.82, 2.24) is 5.32 Å². The summed E-state index contributed by atoms with van der Waals surface area (Å²) in [5.41, 5.74) is -1.52. The number of ether oxygens (including phenoxy) is 1. The molecule has 1 N–H and O–H groups in total. The van der Waals surface area contributed by atoms with Gasteiger partial charge in [-0.05, 0) is 33.6 Å². The van der Waals surface area contributed by atoms with Crippen LogP contribution in [0.2, 0.25) is 0 Å². The summed E-state index contributed by atoms with van der Waals surface area (Å²) in [7, 11) is 0. The number of alkyl halides is 2.